The predicted octanol–water partition coefficient (Wildman–Crippen LogP) is 0.911. The summed E-state index contributed by atoms with van der Waals surface area (Å²) in [5, 5.41) is 19.5. The number of aromatic nitrogens is 2. The first-order valence-corrected chi connectivity index (χ1v) is 6.38. The quantitative estimate of drug-likeness (QED) is 0.711. The SMILES string of the molecule is CC(C)c1ncc(Cl)c(C(=O)N[C@H](CC(=O)O)C(=O)O)n1. The molecule has 1 rings (SSSR count). The zero-order valence-electron chi connectivity index (χ0n) is 11.3. The largest absolute Gasteiger partial charge is 0.481 e. The lowest BCUT2D eigenvalue weighted by Crippen LogP contribution is -2.42. The summed E-state index contributed by atoms with van der Waals surface area (Å²) in [5.74, 6) is -3.35. The Morgan fingerprint density at radius 2 is 1.95 bits per heavy atom. The second-order valence-corrected chi connectivity index (χ2v) is 4.95. The number of halogens is 1. The number of carbonyl (C=O) groups is 3. The Kier molecular flexibility index (Phi) is 5.60. The smallest absolute Gasteiger partial charge is 0.326 e. The van der Waals surface area contributed by atoms with E-state index in [1.165, 1.54) is 6.20 Å². The van der Waals surface area contributed by atoms with Gasteiger partial charge >= 0.3 is 11.9 Å². The molecule has 0 fully saturated rings. The summed E-state index contributed by atoms with van der Waals surface area (Å²) in [6, 6.07) is -1.57. The Hall–Kier alpha value is -2.22. The van der Waals surface area contributed by atoms with Crippen LogP contribution in [-0.4, -0.2) is 44.1 Å². The molecule has 0 aliphatic carbocycles. The molecule has 114 valence electrons. The standard InChI is InChI=1S/C12H14ClN3O5/c1-5(2)10-14-4-6(13)9(16-10)11(19)15-7(12(20)21)3-8(17)18/h4-5,7H,3H2,1-2H3,(H,15,19)(H,17,18)(H,20,21)/t7-/m1/s1. The van der Waals surface area contributed by atoms with Crippen molar-refractivity contribution in [2.45, 2.75) is 32.2 Å². The van der Waals surface area contributed by atoms with Crippen LogP contribution in [0.15, 0.2) is 6.20 Å². The van der Waals surface area contributed by atoms with Crippen molar-refractivity contribution < 1.29 is 24.6 Å². The fraction of sp³-hybridized carbons (Fsp3) is 0.417. The highest BCUT2D eigenvalue weighted by Gasteiger charge is 2.25. The molecule has 1 atom stereocenters. The Bertz CT molecular complexity index is 576. The molecule has 9 heteroatoms. The Labute approximate surface area is 125 Å². The predicted molar refractivity (Wildman–Crippen MR) is 72.3 cm³/mol. The Morgan fingerprint density at radius 3 is 2.43 bits per heavy atom. The monoisotopic (exact) mass is 315 g/mol. The van der Waals surface area contributed by atoms with Crippen molar-refractivity contribution in [2.24, 2.45) is 0 Å². The highest BCUT2D eigenvalue weighted by Crippen LogP contribution is 2.16. The van der Waals surface area contributed by atoms with Crippen LogP contribution in [0, 0.1) is 0 Å². The summed E-state index contributed by atoms with van der Waals surface area (Å²) in [6.45, 7) is 3.63. The van der Waals surface area contributed by atoms with Crippen molar-refractivity contribution in [3.63, 3.8) is 0 Å². The molecule has 1 heterocycles. The van der Waals surface area contributed by atoms with Crippen LogP contribution in [0.25, 0.3) is 0 Å². The van der Waals surface area contributed by atoms with E-state index in [9.17, 15) is 14.4 Å². The van der Waals surface area contributed by atoms with E-state index in [1.54, 1.807) is 0 Å². The van der Waals surface area contributed by atoms with Gasteiger partial charge in [-0.2, -0.15) is 0 Å². The van der Waals surface area contributed by atoms with Gasteiger partial charge in [0.15, 0.2) is 0 Å². The molecule has 21 heavy (non-hydrogen) atoms. The highest BCUT2D eigenvalue weighted by atomic mass is 35.5. The van der Waals surface area contributed by atoms with E-state index >= 15 is 0 Å². The van der Waals surface area contributed by atoms with Gasteiger partial charge in [-0.3, -0.25) is 9.59 Å². The number of hydrogen-bond acceptors (Lipinski definition) is 5. The lowest BCUT2D eigenvalue weighted by Gasteiger charge is -2.13. The van der Waals surface area contributed by atoms with Gasteiger partial charge in [-0.05, 0) is 0 Å². The van der Waals surface area contributed by atoms with Gasteiger partial charge in [-0.15, -0.1) is 0 Å². The first-order chi connectivity index (χ1) is 9.72. The summed E-state index contributed by atoms with van der Waals surface area (Å²) < 4.78 is 0. The molecule has 0 radical (unpaired) electrons. The normalized spacial score (nSPS) is 12.0. The second kappa shape index (κ2) is 6.98. The summed E-state index contributed by atoms with van der Waals surface area (Å²) >= 11 is 5.81. The van der Waals surface area contributed by atoms with E-state index in [1.807, 2.05) is 13.8 Å². The third kappa shape index (κ3) is 4.67. The first-order valence-electron chi connectivity index (χ1n) is 6.00. The first kappa shape index (κ1) is 16.8. The second-order valence-electron chi connectivity index (χ2n) is 4.54. The average molecular weight is 316 g/mol. The van der Waals surface area contributed by atoms with Crippen molar-refractivity contribution in [1.82, 2.24) is 15.3 Å². The van der Waals surface area contributed by atoms with Gasteiger partial charge < -0.3 is 15.5 Å². The topological polar surface area (TPSA) is 129 Å². The van der Waals surface area contributed by atoms with Crippen LogP contribution in [0.5, 0.6) is 0 Å². The number of aliphatic carboxylic acids is 2. The van der Waals surface area contributed by atoms with Crippen LogP contribution in [0.2, 0.25) is 5.02 Å². The molecular weight excluding hydrogens is 302 g/mol. The summed E-state index contributed by atoms with van der Waals surface area (Å²) in [7, 11) is 0. The molecular formula is C12H14ClN3O5. The number of carboxylic acid groups (broad SMARTS) is 2. The Morgan fingerprint density at radius 1 is 1.33 bits per heavy atom. The van der Waals surface area contributed by atoms with Gasteiger partial charge in [0.2, 0.25) is 0 Å². The van der Waals surface area contributed by atoms with Gasteiger partial charge in [-0.1, -0.05) is 25.4 Å². The summed E-state index contributed by atoms with van der Waals surface area (Å²) in [5.41, 5.74) is -0.188. The molecule has 0 bridgehead atoms. The van der Waals surface area contributed by atoms with Crippen LogP contribution < -0.4 is 5.32 Å². The number of hydrogen-bond donors (Lipinski definition) is 3. The highest BCUT2D eigenvalue weighted by molar-refractivity contribution is 6.33. The zero-order valence-corrected chi connectivity index (χ0v) is 12.1. The van der Waals surface area contributed by atoms with E-state index in [4.69, 9.17) is 21.8 Å². The number of nitrogens with one attached hydrogen (secondary N) is 1. The number of rotatable bonds is 6. The average Bonchev–Trinajstić information content (AvgIpc) is 2.37. The maximum Gasteiger partial charge on any atom is 0.326 e. The zero-order chi connectivity index (χ0) is 16.2. The number of carbonyl (C=O) groups excluding carboxylic acids is 1. The van der Waals surface area contributed by atoms with Crippen LogP contribution in [0.1, 0.15) is 42.5 Å². The van der Waals surface area contributed by atoms with Gasteiger partial charge in [0.25, 0.3) is 5.91 Å². The molecule has 0 aliphatic heterocycles. The molecule has 0 aromatic carbocycles. The van der Waals surface area contributed by atoms with Gasteiger partial charge in [0.1, 0.15) is 17.6 Å². The Balaban J connectivity index is 2.99. The number of carboxylic acids is 2. The number of nitrogens with zero attached hydrogens (tertiary/aromatic N) is 2. The van der Waals surface area contributed by atoms with Crippen molar-refractivity contribution in [3.05, 3.63) is 22.7 Å². The van der Waals surface area contributed by atoms with Crippen LogP contribution >= 0.6 is 11.6 Å². The van der Waals surface area contributed by atoms with Crippen molar-refractivity contribution >= 4 is 29.4 Å². The molecule has 3 N–H and O–H groups in total. The van der Waals surface area contributed by atoms with E-state index in [2.05, 4.69) is 15.3 Å². The molecule has 1 aromatic heterocycles. The van der Waals surface area contributed by atoms with E-state index in [0.29, 0.717) is 5.82 Å². The van der Waals surface area contributed by atoms with Gasteiger partial charge in [0.05, 0.1) is 17.6 Å². The van der Waals surface area contributed by atoms with Crippen molar-refractivity contribution in [2.75, 3.05) is 0 Å². The third-order valence-electron chi connectivity index (χ3n) is 2.48. The molecule has 0 unspecified atom stereocenters. The lowest BCUT2D eigenvalue weighted by atomic mass is 10.2. The molecule has 1 aromatic rings. The summed E-state index contributed by atoms with van der Waals surface area (Å²) in [6.07, 6.45) is 0.493. The van der Waals surface area contributed by atoms with E-state index in [0.717, 1.165) is 0 Å². The van der Waals surface area contributed by atoms with Crippen LogP contribution in [0.4, 0.5) is 0 Å². The van der Waals surface area contributed by atoms with Crippen LogP contribution in [-0.2, 0) is 9.59 Å². The summed E-state index contributed by atoms with van der Waals surface area (Å²) in [4.78, 5) is 41.4. The fourth-order valence-electron chi connectivity index (χ4n) is 1.42. The minimum atomic E-state index is -1.57. The molecule has 0 spiro atoms. The molecule has 0 saturated heterocycles. The lowest BCUT2D eigenvalue weighted by molar-refractivity contribution is -0.145. The molecule has 1 amide bonds. The molecule has 0 aliphatic rings. The van der Waals surface area contributed by atoms with E-state index in [-0.39, 0.29) is 16.6 Å². The van der Waals surface area contributed by atoms with Gasteiger partial charge in [0, 0.05) is 5.92 Å². The number of amides is 1. The van der Waals surface area contributed by atoms with E-state index < -0.39 is 30.3 Å². The fourth-order valence-corrected chi connectivity index (χ4v) is 1.60. The van der Waals surface area contributed by atoms with Crippen LogP contribution in [0.3, 0.4) is 0 Å². The van der Waals surface area contributed by atoms with Crippen molar-refractivity contribution in [3.8, 4) is 0 Å². The van der Waals surface area contributed by atoms with Crippen molar-refractivity contribution in [1.29, 1.82) is 0 Å². The maximum absolute atomic E-state index is 12.0. The minimum Gasteiger partial charge on any atom is -0.481 e. The minimum absolute atomic E-state index is 0.0450. The maximum atomic E-state index is 12.0. The molecule has 0 saturated carbocycles. The third-order valence-corrected chi connectivity index (χ3v) is 2.75. The molecule has 8 nitrogen and oxygen atoms in total. The van der Waals surface area contributed by atoms with Gasteiger partial charge in [-0.25, -0.2) is 14.8 Å².